The van der Waals surface area contributed by atoms with Crippen molar-refractivity contribution in [2.75, 3.05) is 18.4 Å². The van der Waals surface area contributed by atoms with Crippen LogP contribution in [0.25, 0.3) is 0 Å². The zero-order valence-electron chi connectivity index (χ0n) is 12.2. The van der Waals surface area contributed by atoms with Gasteiger partial charge in [0.1, 0.15) is 0 Å². The first-order valence-electron chi connectivity index (χ1n) is 7.60. The fourth-order valence-electron chi connectivity index (χ4n) is 2.82. The third kappa shape index (κ3) is 4.08. The summed E-state index contributed by atoms with van der Waals surface area (Å²) in [4.78, 5) is 2.53. The number of nitrogens with one attached hydrogen (secondary N) is 1. The van der Waals surface area contributed by atoms with E-state index in [0.29, 0.717) is 0 Å². The summed E-state index contributed by atoms with van der Waals surface area (Å²) in [5.41, 5.74) is 3.87. The van der Waals surface area contributed by atoms with Crippen LogP contribution in [0.3, 0.4) is 0 Å². The Morgan fingerprint density at radius 2 is 1.81 bits per heavy atom. The van der Waals surface area contributed by atoms with Gasteiger partial charge in [-0.2, -0.15) is 0 Å². The minimum Gasteiger partial charge on any atom is -0.381 e. The first-order valence-corrected chi connectivity index (χ1v) is 8.39. The maximum absolute atomic E-state index is 3.60. The summed E-state index contributed by atoms with van der Waals surface area (Å²) in [7, 11) is 0. The Labute approximate surface area is 135 Å². The molecule has 3 rings (SSSR count). The fraction of sp³-hybridized carbons (Fsp3) is 0.333. The van der Waals surface area contributed by atoms with Gasteiger partial charge in [0.2, 0.25) is 0 Å². The number of hydrogen-bond acceptors (Lipinski definition) is 2. The summed E-state index contributed by atoms with van der Waals surface area (Å²) < 4.78 is 1.16. The van der Waals surface area contributed by atoms with Crippen LogP contribution in [0.4, 0.5) is 5.69 Å². The van der Waals surface area contributed by atoms with Crippen molar-refractivity contribution in [3.8, 4) is 0 Å². The molecular weight excluding hydrogens is 324 g/mol. The molecule has 1 saturated heterocycles. The normalized spacial score (nSPS) is 15.3. The van der Waals surface area contributed by atoms with Crippen LogP contribution in [0.2, 0.25) is 0 Å². The van der Waals surface area contributed by atoms with E-state index in [2.05, 4.69) is 68.6 Å². The van der Waals surface area contributed by atoms with Crippen molar-refractivity contribution in [1.82, 2.24) is 4.90 Å². The topological polar surface area (TPSA) is 15.3 Å². The Morgan fingerprint density at radius 3 is 2.62 bits per heavy atom. The maximum Gasteiger partial charge on any atom is 0.0411 e. The number of likely N-dealkylation sites (tertiary alicyclic amines) is 1. The van der Waals surface area contributed by atoms with Gasteiger partial charge in [0.15, 0.2) is 0 Å². The SMILES string of the molecule is Brc1ccccc1CNc1cccc(CN2CCCC2)c1. The molecule has 1 fully saturated rings. The summed E-state index contributed by atoms with van der Waals surface area (Å²) >= 11 is 3.60. The summed E-state index contributed by atoms with van der Waals surface area (Å²) in [5.74, 6) is 0. The molecule has 110 valence electrons. The molecule has 0 amide bonds. The van der Waals surface area contributed by atoms with Gasteiger partial charge in [-0.15, -0.1) is 0 Å². The number of nitrogens with zero attached hydrogens (tertiary/aromatic N) is 1. The van der Waals surface area contributed by atoms with Gasteiger partial charge in [-0.05, 0) is 55.3 Å². The van der Waals surface area contributed by atoms with E-state index in [9.17, 15) is 0 Å². The standard InChI is InChI=1S/C18H21BrN2/c19-18-9-2-1-7-16(18)13-20-17-8-5-6-15(12-17)14-21-10-3-4-11-21/h1-2,5-9,12,20H,3-4,10-11,13-14H2. The van der Waals surface area contributed by atoms with Crippen molar-refractivity contribution in [1.29, 1.82) is 0 Å². The van der Waals surface area contributed by atoms with Crippen LogP contribution in [0.5, 0.6) is 0 Å². The van der Waals surface area contributed by atoms with Crippen molar-refractivity contribution in [2.24, 2.45) is 0 Å². The first kappa shape index (κ1) is 14.6. The van der Waals surface area contributed by atoms with Crippen molar-refractivity contribution in [3.05, 3.63) is 64.1 Å². The Bertz CT molecular complexity index is 591. The first-order chi connectivity index (χ1) is 10.3. The van der Waals surface area contributed by atoms with E-state index < -0.39 is 0 Å². The minimum atomic E-state index is 0.842. The molecule has 0 unspecified atom stereocenters. The summed E-state index contributed by atoms with van der Waals surface area (Å²) in [6.07, 6.45) is 2.69. The van der Waals surface area contributed by atoms with Gasteiger partial charge in [0.05, 0.1) is 0 Å². The van der Waals surface area contributed by atoms with Crippen LogP contribution in [0.15, 0.2) is 53.0 Å². The summed E-state index contributed by atoms with van der Waals surface area (Å²) in [5, 5.41) is 3.52. The van der Waals surface area contributed by atoms with Crippen LogP contribution < -0.4 is 5.32 Å². The molecule has 2 nitrogen and oxygen atoms in total. The van der Waals surface area contributed by atoms with E-state index in [1.165, 1.54) is 42.7 Å². The van der Waals surface area contributed by atoms with Crippen molar-refractivity contribution in [3.63, 3.8) is 0 Å². The van der Waals surface area contributed by atoms with E-state index in [0.717, 1.165) is 17.6 Å². The molecule has 0 aliphatic carbocycles. The van der Waals surface area contributed by atoms with Crippen LogP contribution in [-0.4, -0.2) is 18.0 Å². The highest BCUT2D eigenvalue weighted by Gasteiger charge is 2.11. The lowest BCUT2D eigenvalue weighted by Gasteiger charge is -2.15. The van der Waals surface area contributed by atoms with Crippen molar-refractivity contribution < 1.29 is 0 Å². The second kappa shape index (κ2) is 7.10. The van der Waals surface area contributed by atoms with Gasteiger partial charge in [0.25, 0.3) is 0 Å². The van der Waals surface area contributed by atoms with E-state index in [-0.39, 0.29) is 0 Å². The Morgan fingerprint density at radius 1 is 1.00 bits per heavy atom. The average molecular weight is 345 g/mol. The second-order valence-electron chi connectivity index (χ2n) is 5.63. The Kier molecular flexibility index (Phi) is 4.94. The highest BCUT2D eigenvalue weighted by atomic mass is 79.9. The number of benzene rings is 2. The fourth-order valence-corrected chi connectivity index (χ4v) is 3.24. The molecule has 0 saturated carbocycles. The lowest BCUT2D eigenvalue weighted by atomic mass is 10.1. The van der Waals surface area contributed by atoms with E-state index >= 15 is 0 Å². The van der Waals surface area contributed by atoms with Gasteiger partial charge in [0, 0.05) is 23.2 Å². The summed E-state index contributed by atoms with van der Waals surface area (Å²) in [6.45, 7) is 4.41. The quantitative estimate of drug-likeness (QED) is 0.848. The molecule has 2 aromatic rings. The third-order valence-electron chi connectivity index (χ3n) is 3.97. The highest BCUT2D eigenvalue weighted by Crippen LogP contribution is 2.19. The van der Waals surface area contributed by atoms with E-state index in [1.807, 2.05) is 6.07 Å². The average Bonchev–Trinajstić information content (AvgIpc) is 3.00. The zero-order valence-corrected chi connectivity index (χ0v) is 13.8. The number of anilines is 1. The van der Waals surface area contributed by atoms with E-state index in [1.54, 1.807) is 0 Å². The van der Waals surface area contributed by atoms with Crippen molar-refractivity contribution >= 4 is 21.6 Å². The molecule has 0 spiro atoms. The van der Waals surface area contributed by atoms with E-state index in [4.69, 9.17) is 0 Å². The van der Waals surface area contributed by atoms with Gasteiger partial charge >= 0.3 is 0 Å². The number of halogens is 1. The predicted molar refractivity (Wildman–Crippen MR) is 92.4 cm³/mol. The molecule has 0 atom stereocenters. The highest BCUT2D eigenvalue weighted by molar-refractivity contribution is 9.10. The Hall–Kier alpha value is -1.32. The van der Waals surface area contributed by atoms with Gasteiger partial charge in [-0.25, -0.2) is 0 Å². The van der Waals surface area contributed by atoms with Gasteiger partial charge < -0.3 is 5.32 Å². The molecule has 21 heavy (non-hydrogen) atoms. The largest absolute Gasteiger partial charge is 0.381 e. The minimum absolute atomic E-state index is 0.842. The second-order valence-corrected chi connectivity index (χ2v) is 6.48. The third-order valence-corrected chi connectivity index (χ3v) is 4.75. The molecule has 1 aliphatic heterocycles. The summed E-state index contributed by atoms with van der Waals surface area (Å²) in [6, 6.07) is 17.1. The molecule has 0 bridgehead atoms. The van der Waals surface area contributed by atoms with Crippen LogP contribution in [0, 0.1) is 0 Å². The molecule has 1 aliphatic rings. The zero-order chi connectivity index (χ0) is 14.5. The molecular formula is C18H21BrN2. The smallest absolute Gasteiger partial charge is 0.0411 e. The van der Waals surface area contributed by atoms with Crippen LogP contribution in [0.1, 0.15) is 24.0 Å². The molecule has 3 heteroatoms. The number of hydrogen-bond donors (Lipinski definition) is 1. The molecule has 1 N–H and O–H groups in total. The molecule has 2 aromatic carbocycles. The molecule has 0 aromatic heterocycles. The van der Waals surface area contributed by atoms with Crippen LogP contribution >= 0.6 is 15.9 Å². The molecule has 1 heterocycles. The van der Waals surface area contributed by atoms with Crippen LogP contribution in [-0.2, 0) is 13.1 Å². The van der Waals surface area contributed by atoms with Gasteiger partial charge in [-0.1, -0.05) is 46.3 Å². The number of rotatable bonds is 5. The lowest BCUT2D eigenvalue weighted by molar-refractivity contribution is 0.331. The molecule has 0 radical (unpaired) electrons. The predicted octanol–water partition coefficient (Wildman–Crippen LogP) is 4.66. The maximum atomic E-state index is 3.60. The monoisotopic (exact) mass is 344 g/mol. The van der Waals surface area contributed by atoms with Crippen molar-refractivity contribution in [2.45, 2.75) is 25.9 Å². The lowest BCUT2D eigenvalue weighted by Crippen LogP contribution is -2.18. The Balaban J connectivity index is 1.61. The van der Waals surface area contributed by atoms with Gasteiger partial charge in [-0.3, -0.25) is 4.90 Å².